The lowest BCUT2D eigenvalue weighted by atomic mass is 9.63. The highest BCUT2D eigenvalue weighted by Gasteiger charge is 2.47. The summed E-state index contributed by atoms with van der Waals surface area (Å²) in [5.41, 5.74) is 6.43. The van der Waals surface area contributed by atoms with E-state index < -0.39 is 0 Å². The highest BCUT2D eigenvalue weighted by molar-refractivity contribution is 5.89. The Labute approximate surface area is 139 Å². The van der Waals surface area contributed by atoms with Crippen LogP contribution in [0, 0.1) is 0 Å². The van der Waals surface area contributed by atoms with E-state index >= 15 is 0 Å². The minimum atomic E-state index is -0.255. The second-order valence-electron chi connectivity index (χ2n) is 6.81. The molecule has 0 radical (unpaired) electrons. The zero-order valence-electron chi connectivity index (χ0n) is 13.9. The molecule has 2 fully saturated rings. The van der Waals surface area contributed by atoms with Crippen molar-refractivity contribution in [2.24, 2.45) is 5.73 Å². The van der Waals surface area contributed by atoms with E-state index in [0.717, 1.165) is 58.2 Å². The molecule has 1 aliphatic carbocycles. The fourth-order valence-corrected chi connectivity index (χ4v) is 3.78. The van der Waals surface area contributed by atoms with Crippen molar-refractivity contribution in [1.29, 1.82) is 0 Å². The summed E-state index contributed by atoms with van der Waals surface area (Å²) in [5, 5.41) is 0. The van der Waals surface area contributed by atoms with Gasteiger partial charge in [-0.15, -0.1) is 0 Å². The van der Waals surface area contributed by atoms with E-state index in [1.54, 1.807) is 0 Å². The number of carbonyl (C=O) groups excluding carboxylic acids is 1. The van der Waals surface area contributed by atoms with Crippen LogP contribution < -0.4 is 5.73 Å². The number of amides is 1. The van der Waals surface area contributed by atoms with Gasteiger partial charge in [0.1, 0.15) is 0 Å². The van der Waals surface area contributed by atoms with Crippen LogP contribution in [0.5, 0.6) is 0 Å². The molecule has 1 amide bonds. The van der Waals surface area contributed by atoms with Crippen molar-refractivity contribution in [3.8, 4) is 0 Å². The van der Waals surface area contributed by atoms with Gasteiger partial charge in [-0.1, -0.05) is 36.8 Å². The Balaban J connectivity index is 1.59. The van der Waals surface area contributed by atoms with E-state index in [4.69, 9.17) is 10.5 Å². The predicted molar refractivity (Wildman–Crippen MR) is 91.2 cm³/mol. The van der Waals surface area contributed by atoms with Gasteiger partial charge in [0, 0.05) is 19.7 Å². The third-order valence-electron chi connectivity index (χ3n) is 5.37. The maximum atomic E-state index is 13.1. The molecule has 1 saturated carbocycles. The van der Waals surface area contributed by atoms with Gasteiger partial charge in [0.05, 0.1) is 11.5 Å². The van der Waals surface area contributed by atoms with Crippen molar-refractivity contribution < 1.29 is 9.53 Å². The SMILES string of the molecule is NCCCOC1CCN(C(=O)C2(c3ccccc3)CCC2)CC1. The van der Waals surface area contributed by atoms with Crippen LogP contribution in [0.15, 0.2) is 30.3 Å². The van der Waals surface area contributed by atoms with Gasteiger partial charge in [-0.05, 0) is 44.2 Å². The lowest BCUT2D eigenvalue weighted by molar-refractivity contribution is -0.143. The van der Waals surface area contributed by atoms with E-state index in [0.29, 0.717) is 18.6 Å². The van der Waals surface area contributed by atoms with Crippen LogP contribution >= 0.6 is 0 Å². The highest BCUT2D eigenvalue weighted by atomic mass is 16.5. The molecule has 0 spiro atoms. The molecule has 2 aliphatic rings. The predicted octanol–water partition coefficient (Wildman–Crippen LogP) is 2.46. The molecule has 0 unspecified atom stereocenters. The Morgan fingerprint density at radius 2 is 1.91 bits per heavy atom. The van der Waals surface area contributed by atoms with Gasteiger partial charge in [0.2, 0.25) is 5.91 Å². The minimum absolute atomic E-state index is 0.255. The molecule has 0 bridgehead atoms. The number of nitrogens with two attached hydrogens (primary N) is 1. The standard InChI is InChI=1S/C19H28N2O2/c20-12-5-15-23-17-8-13-21(14-9-17)18(22)19(10-4-11-19)16-6-2-1-3-7-16/h1-3,6-7,17H,4-5,8-15,20H2. The van der Waals surface area contributed by atoms with Gasteiger partial charge in [0.25, 0.3) is 0 Å². The molecule has 1 aromatic rings. The van der Waals surface area contributed by atoms with E-state index in [2.05, 4.69) is 17.0 Å². The fourth-order valence-electron chi connectivity index (χ4n) is 3.78. The number of nitrogens with zero attached hydrogens (tertiary/aromatic N) is 1. The summed E-state index contributed by atoms with van der Waals surface area (Å²) in [5.74, 6) is 0.329. The first-order valence-corrected chi connectivity index (χ1v) is 8.93. The number of benzene rings is 1. The number of likely N-dealkylation sites (tertiary alicyclic amines) is 1. The largest absolute Gasteiger partial charge is 0.378 e. The fraction of sp³-hybridized carbons (Fsp3) is 0.632. The van der Waals surface area contributed by atoms with Crippen molar-refractivity contribution in [1.82, 2.24) is 4.90 Å². The third kappa shape index (κ3) is 3.43. The van der Waals surface area contributed by atoms with Crippen LogP contribution in [0.3, 0.4) is 0 Å². The van der Waals surface area contributed by atoms with Gasteiger partial charge in [0.15, 0.2) is 0 Å². The van der Waals surface area contributed by atoms with Gasteiger partial charge in [-0.3, -0.25) is 4.79 Å². The summed E-state index contributed by atoms with van der Waals surface area (Å²) in [6.45, 7) is 3.06. The van der Waals surface area contributed by atoms with E-state index in [1.165, 1.54) is 5.56 Å². The monoisotopic (exact) mass is 316 g/mol. The molecule has 1 aromatic carbocycles. The third-order valence-corrected chi connectivity index (χ3v) is 5.37. The van der Waals surface area contributed by atoms with Crippen LogP contribution in [0.2, 0.25) is 0 Å². The number of piperidine rings is 1. The molecular weight excluding hydrogens is 288 g/mol. The lowest BCUT2D eigenvalue weighted by Crippen LogP contribution is -2.53. The Morgan fingerprint density at radius 3 is 2.48 bits per heavy atom. The first kappa shape index (κ1) is 16.5. The summed E-state index contributed by atoms with van der Waals surface area (Å²) < 4.78 is 5.84. The van der Waals surface area contributed by atoms with Crippen molar-refractivity contribution in [2.45, 2.75) is 50.0 Å². The molecular formula is C19H28N2O2. The molecule has 23 heavy (non-hydrogen) atoms. The van der Waals surface area contributed by atoms with Crippen LogP contribution in [0.1, 0.15) is 44.1 Å². The molecule has 1 saturated heterocycles. The molecule has 126 valence electrons. The molecule has 0 atom stereocenters. The van der Waals surface area contributed by atoms with E-state index in [9.17, 15) is 4.79 Å². The van der Waals surface area contributed by atoms with Crippen molar-refractivity contribution in [2.75, 3.05) is 26.2 Å². The van der Waals surface area contributed by atoms with Crippen molar-refractivity contribution in [3.05, 3.63) is 35.9 Å². The molecule has 4 heteroatoms. The van der Waals surface area contributed by atoms with E-state index in [1.807, 2.05) is 18.2 Å². The maximum Gasteiger partial charge on any atom is 0.233 e. The molecule has 4 nitrogen and oxygen atoms in total. The Kier molecular flexibility index (Phi) is 5.34. The van der Waals surface area contributed by atoms with Crippen LogP contribution in [-0.4, -0.2) is 43.2 Å². The number of hydrogen-bond acceptors (Lipinski definition) is 3. The normalized spacial score (nSPS) is 21.0. The first-order valence-electron chi connectivity index (χ1n) is 8.93. The van der Waals surface area contributed by atoms with Crippen LogP contribution in [0.4, 0.5) is 0 Å². The number of ether oxygens (including phenoxy) is 1. The summed E-state index contributed by atoms with van der Waals surface area (Å²) in [7, 11) is 0. The van der Waals surface area contributed by atoms with Crippen molar-refractivity contribution >= 4 is 5.91 Å². The zero-order chi connectivity index (χ0) is 16.1. The lowest BCUT2D eigenvalue weighted by Gasteiger charge is -2.45. The van der Waals surface area contributed by atoms with E-state index in [-0.39, 0.29) is 5.41 Å². The van der Waals surface area contributed by atoms with Gasteiger partial charge in [-0.2, -0.15) is 0 Å². The quantitative estimate of drug-likeness (QED) is 0.820. The first-order chi connectivity index (χ1) is 11.3. The van der Waals surface area contributed by atoms with Crippen LogP contribution in [0.25, 0.3) is 0 Å². The van der Waals surface area contributed by atoms with Gasteiger partial charge in [-0.25, -0.2) is 0 Å². The van der Waals surface area contributed by atoms with Crippen molar-refractivity contribution in [3.63, 3.8) is 0 Å². The Bertz CT molecular complexity index is 505. The number of carbonyl (C=O) groups is 1. The van der Waals surface area contributed by atoms with Gasteiger partial charge >= 0.3 is 0 Å². The molecule has 3 rings (SSSR count). The highest BCUT2D eigenvalue weighted by Crippen LogP contribution is 2.45. The minimum Gasteiger partial charge on any atom is -0.378 e. The van der Waals surface area contributed by atoms with Crippen LogP contribution in [-0.2, 0) is 14.9 Å². The molecule has 2 N–H and O–H groups in total. The summed E-state index contributed by atoms with van der Waals surface area (Å²) in [6, 6.07) is 10.3. The topological polar surface area (TPSA) is 55.6 Å². The average molecular weight is 316 g/mol. The summed E-state index contributed by atoms with van der Waals surface area (Å²) >= 11 is 0. The Hall–Kier alpha value is -1.39. The van der Waals surface area contributed by atoms with Gasteiger partial charge < -0.3 is 15.4 Å². The molecule has 1 heterocycles. The summed E-state index contributed by atoms with van der Waals surface area (Å²) in [6.07, 6.45) is 6.23. The zero-order valence-corrected chi connectivity index (χ0v) is 13.9. The molecule has 1 aliphatic heterocycles. The number of rotatable bonds is 6. The maximum absolute atomic E-state index is 13.1. The Morgan fingerprint density at radius 1 is 1.22 bits per heavy atom. The smallest absolute Gasteiger partial charge is 0.233 e. The molecule has 0 aromatic heterocycles. The average Bonchev–Trinajstić information content (AvgIpc) is 2.56. The second kappa shape index (κ2) is 7.45. The number of hydrogen-bond donors (Lipinski definition) is 1. The summed E-state index contributed by atoms with van der Waals surface area (Å²) in [4.78, 5) is 15.2. The second-order valence-corrected chi connectivity index (χ2v) is 6.81.